The van der Waals surface area contributed by atoms with Gasteiger partial charge in [-0.1, -0.05) is 20.8 Å². The number of rotatable bonds is 1. The molecule has 0 atom stereocenters. The first kappa shape index (κ1) is 10.4. The molecular weight excluding hydrogens is 166 g/mol. The van der Waals surface area contributed by atoms with E-state index in [1.165, 1.54) is 0 Å². The Kier molecular flexibility index (Phi) is 3.17. The van der Waals surface area contributed by atoms with Crippen molar-refractivity contribution >= 4 is 6.09 Å². The second-order valence-corrected chi connectivity index (χ2v) is 4.64. The Morgan fingerprint density at radius 3 is 2.69 bits per heavy atom. The smallest absolute Gasteiger partial charge is 0.409 e. The van der Waals surface area contributed by atoms with Gasteiger partial charge in [0.25, 0.3) is 0 Å². The summed E-state index contributed by atoms with van der Waals surface area (Å²) >= 11 is 0. The molecule has 0 aromatic heterocycles. The fraction of sp³-hybridized carbons (Fsp3) is 0.800. The molecule has 1 rings (SSSR count). The third-order valence-corrected chi connectivity index (χ3v) is 1.84. The van der Waals surface area contributed by atoms with Crippen molar-refractivity contribution < 1.29 is 9.53 Å². The van der Waals surface area contributed by atoms with Crippen molar-refractivity contribution in [3.63, 3.8) is 0 Å². The molecule has 0 aromatic rings. The summed E-state index contributed by atoms with van der Waals surface area (Å²) in [5.74, 6) is 0. The second kappa shape index (κ2) is 3.99. The lowest BCUT2D eigenvalue weighted by atomic mass is 9.99. The minimum Gasteiger partial charge on any atom is -0.449 e. The predicted octanol–water partition coefficient (Wildman–Crippen LogP) is 2.08. The van der Waals surface area contributed by atoms with E-state index in [0.717, 1.165) is 19.5 Å². The minimum atomic E-state index is -0.177. The SMILES string of the molecule is CC(C)(C)COC(=O)N1C[CH]CC1. The van der Waals surface area contributed by atoms with Gasteiger partial charge in [-0.3, -0.25) is 0 Å². The van der Waals surface area contributed by atoms with Crippen LogP contribution in [-0.2, 0) is 4.74 Å². The molecule has 1 aliphatic rings. The Hall–Kier alpha value is -0.730. The minimum absolute atomic E-state index is 0.0547. The third-order valence-electron chi connectivity index (χ3n) is 1.84. The topological polar surface area (TPSA) is 29.5 Å². The van der Waals surface area contributed by atoms with E-state index in [4.69, 9.17) is 4.74 Å². The van der Waals surface area contributed by atoms with Crippen LogP contribution >= 0.6 is 0 Å². The Bertz CT molecular complexity index is 178. The van der Waals surface area contributed by atoms with Crippen molar-refractivity contribution in [2.24, 2.45) is 5.41 Å². The fourth-order valence-corrected chi connectivity index (χ4v) is 1.12. The van der Waals surface area contributed by atoms with Gasteiger partial charge in [0.2, 0.25) is 0 Å². The highest BCUT2D eigenvalue weighted by atomic mass is 16.6. The summed E-state index contributed by atoms with van der Waals surface area (Å²) in [6.07, 6.45) is 2.91. The molecule has 0 bridgehead atoms. The zero-order valence-electron chi connectivity index (χ0n) is 8.67. The van der Waals surface area contributed by atoms with Gasteiger partial charge < -0.3 is 9.64 Å². The first-order valence-electron chi connectivity index (χ1n) is 4.72. The van der Waals surface area contributed by atoms with Gasteiger partial charge in [0.1, 0.15) is 0 Å². The zero-order valence-corrected chi connectivity index (χ0v) is 8.67. The lowest BCUT2D eigenvalue weighted by molar-refractivity contribution is 0.0789. The van der Waals surface area contributed by atoms with Crippen LogP contribution in [0, 0.1) is 11.8 Å². The monoisotopic (exact) mass is 184 g/mol. The highest BCUT2D eigenvalue weighted by Gasteiger charge is 2.21. The first-order chi connectivity index (χ1) is 5.99. The normalized spacial score (nSPS) is 17.6. The molecule has 1 aliphatic heterocycles. The number of carbonyl (C=O) groups is 1. The Labute approximate surface area is 80.1 Å². The Balaban J connectivity index is 2.25. The summed E-state index contributed by atoms with van der Waals surface area (Å²) in [7, 11) is 0. The summed E-state index contributed by atoms with van der Waals surface area (Å²) in [4.78, 5) is 13.1. The highest BCUT2D eigenvalue weighted by molar-refractivity contribution is 5.68. The third kappa shape index (κ3) is 3.66. The molecule has 1 saturated heterocycles. The summed E-state index contributed by atoms with van der Waals surface area (Å²) in [6.45, 7) is 8.19. The second-order valence-electron chi connectivity index (χ2n) is 4.64. The molecule has 1 fully saturated rings. The number of hydrogen-bond donors (Lipinski definition) is 0. The molecule has 3 heteroatoms. The lowest BCUT2D eigenvalue weighted by Gasteiger charge is -2.21. The zero-order chi connectivity index (χ0) is 9.90. The largest absolute Gasteiger partial charge is 0.449 e. The number of amides is 1. The van der Waals surface area contributed by atoms with Gasteiger partial charge in [-0.15, -0.1) is 0 Å². The fourth-order valence-electron chi connectivity index (χ4n) is 1.12. The maximum atomic E-state index is 11.4. The van der Waals surface area contributed by atoms with E-state index in [-0.39, 0.29) is 11.5 Å². The van der Waals surface area contributed by atoms with Crippen LogP contribution in [0.15, 0.2) is 0 Å². The number of carbonyl (C=O) groups excluding carboxylic acids is 1. The highest BCUT2D eigenvalue weighted by Crippen LogP contribution is 2.15. The van der Waals surface area contributed by atoms with E-state index in [2.05, 4.69) is 27.2 Å². The molecule has 75 valence electrons. The average Bonchev–Trinajstić information content (AvgIpc) is 2.50. The van der Waals surface area contributed by atoms with Crippen molar-refractivity contribution in [2.45, 2.75) is 27.2 Å². The molecule has 13 heavy (non-hydrogen) atoms. The van der Waals surface area contributed by atoms with Gasteiger partial charge in [0.15, 0.2) is 0 Å². The van der Waals surface area contributed by atoms with Crippen molar-refractivity contribution in [2.75, 3.05) is 19.7 Å². The van der Waals surface area contributed by atoms with Crippen LogP contribution in [0.1, 0.15) is 27.2 Å². The van der Waals surface area contributed by atoms with Crippen molar-refractivity contribution in [1.82, 2.24) is 4.90 Å². The maximum Gasteiger partial charge on any atom is 0.409 e. The molecule has 0 aliphatic carbocycles. The van der Waals surface area contributed by atoms with Crippen LogP contribution in [-0.4, -0.2) is 30.7 Å². The summed E-state index contributed by atoms with van der Waals surface area (Å²) in [5.41, 5.74) is 0.0547. The molecule has 0 unspecified atom stereocenters. The maximum absolute atomic E-state index is 11.4. The number of ether oxygens (including phenoxy) is 1. The standard InChI is InChI=1S/C10H18NO2/c1-10(2,3)8-13-9(12)11-6-4-5-7-11/h4H,5-8H2,1-3H3. The van der Waals surface area contributed by atoms with Gasteiger partial charge in [0, 0.05) is 13.1 Å². The number of nitrogens with zero attached hydrogens (tertiary/aromatic N) is 1. The van der Waals surface area contributed by atoms with Crippen LogP contribution in [0.2, 0.25) is 0 Å². The van der Waals surface area contributed by atoms with Crippen LogP contribution < -0.4 is 0 Å². The van der Waals surface area contributed by atoms with E-state index in [1.807, 2.05) is 0 Å². The molecular formula is C10H18NO2. The van der Waals surface area contributed by atoms with Crippen LogP contribution in [0.25, 0.3) is 0 Å². The Morgan fingerprint density at radius 1 is 1.54 bits per heavy atom. The quantitative estimate of drug-likeness (QED) is 0.624. The van der Waals surface area contributed by atoms with Gasteiger partial charge in [-0.25, -0.2) is 4.79 Å². The average molecular weight is 184 g/mol. The van der Waals surface area contributed by atoms with Crippen LogP contribution in [0.4, 0.5) is 4.79 Å². The molecule has 1 amide bonds. The van der Waals surface area contributed by atoms with Crippen molar-refractivity contribution in [3.05, 3.63) is 6.42 Å². The molecule has 1 heterocycles. The van der Waals surface area contributed by atoms with E-state index in [0.29, 0.717) is 6.61 Å². The lowest BCUT2D eigenvalue weighted by Crippen LogP contribution is -2.31. The molecule has 0 saturated carbocycles. The molecule has 0 aromatic carbocycles. The number of hydrogen-bond acceptors (Lipinski definition) is 2. The predicted molar refractivity (Wildman–Crippen MR) is 51.3 cm³/mol. The Morgan fingerprint density at radius 2 is 2.23 bits per heavy atom. The first-order valence-corrected chi connectivity index (χ1v) is 4.72. The van der Waals surface area contributed by atoms with E-state index < -0.39 is 0 Å². The van der Waals surface area contributed by atoms with Gasteiger partial charge in [-0.05, 0) is 18.3 Å². The summed E-state index contributed by atoms with van der Waals surface area (Å²) in [6, 6.07) is 0. The van der Waals surface area contributed by atoms with E-state index in [1.54, 1.807) is 4.90 Å². The van der Waals surface area contributed by atoms with Crippen molar-refractivity contribution in [1.29, 1.82) is 0 Å². The molecule has 0 N–H and O–H groups in total. The van der Waals surface area contributed by atoms with Gasteiger partial charge in [-0.2, -0.15) is 0 Å². The van der Waals surface area contributed by atoms with Gasteiger partial charge >= 0.3 is 6.09 Å². The van der Waals surface area contributed by atoms with E-state index >= 15 is 0 Å². The molecule has 1 radical (unpaired) electrons. The van der Waals surface area contributed by atoms with Crippen molar-refractivity contribution in [3.8, 4) is 0 Å². The summed E-state index contributed by atoms with van der Waals surface area (Å²) in [5, 5.41) is 0. The number of likely N-dealkylation sites (tertiary alicyclic amines) is 1. The molecule has 0 spiro atoms. The van der Waals surface area contributed by atoms with E-state index in [9.17, 15) is 4.79 Å². The van der Waals surface area contributed by atoms with Gasteiger partial charge in [0.05, 0.1) is 6.61 Å². The summed E-state index contributed by atoms with van der Waals surface area (Å²) < 4.78 is 5.16. The van der Waals surface area contributed by atoms with Crippen LogP contribution in [0.5, 0.6) is 0 Å². The molecule has 3 nitrogen and oxygen atoms in total. The van der Waals surface area contributed by atoms with Crippen LogP contribution in [0.3, 0.4) is 0 Å².